The summed E-state index contributed by atoms with van der Waals surface area (Å²) < 4.78 is 13.6. The number of benzene rings is 1. The van der Waals surface area contributed by atoms with Gasteiger partial charge in [0, 0.05) is 38.1 Å². The Kier molecular flexibility index (Phi) is 5.98. The average molecular weight is 420 g/mol. The van der Waals surface area contributed by atoms with Crippen molar-refractivity contribution in [2.75, 3.05) is 26.2 Å². The largest absolute Gasteiger partial charge is 0.339 e. The lowest BCUT2D eigenvalue weighted by atomic mass is 10.1. The third kappa shape index (κ3) is 4.66. The highest BCUT2D eigenvalue weighted by Crippen LogP contribution is 2.18. The van der Waals surface area contributed by atoms with E-state index in [2.05, 4.69) is 20.9 Å². The number of nitrogens with zero attached hydrogens (tertiary/aromatic N) is 3. The lowest BCUT2D eigenvalue weighted by Gasteiger charge is -2.35. The van der Waals surface area contributed by atoms with Gasteiger partial charge in [-0.25, -0.2) is 4.39 Å². The Balaban J connectivity index is 1.50. The number of hydrogen-bond acceptors (Lipinski definition) is 3. The molecular weight excluding hydrogens is 401 g/mol. The molecule has 1 saturated heterocycles. The molecular formula is C19H19BrFN3O2. The Bertz CT molecular complexity index is 793. The molecule has 1 aromatic carbocycles. The lowest BCUT2D eigenvalue weighted by molar-refractivity contribution is -0.138. The van der Waals surface area contributed by atoms with Crippen LogP contribution in [-0.2, 0) is 22.4 Å². The lowest BCUT2D eigenvalue weighted by Crippen LogP contribution is -2.51. The van der Waals surface area contributed by atoms with E-state index in [1.807, 2.05) is 18.2 Å². The number of rotatable bonds is 4. The van der Waals surface area contributed by atoms with E-state index < -0.39 is 0 Å². The molecule has 3 rings (SSSR count). The normalized spacial score (nSPS) is 14.4. The maximum atomic E-state index is 13.3. The Morgan fingerprint density at radius 3 is 2.23 bits per heavy atom. The third-order valence-electron chi connectivity index (χ3n) is 4.38. The van der Waals surface area contributed by atoms with Crippen LogP contribution in [0.3, 0.4) is 0 Å². The molecule has 1 fully saturated rings. The van der Waals surface area contributed by atoms with Crippen LogP contribution in [0.4, 0.5) is 4.39 Å². The second-order valence-electron chi connectivity index (χ2n) is 6.18. The van der Waals surface area contributed by atoms with Gasteiger partial charge in [-0.2, -0.15) is 0 Å². The zero-order valence-corrected chi connectivity index (χ0v) is 15.8. The summed E-state index contributed by atoms with van der Waals surface area (Å²) >= 11 is 3.13. The van der Waals surface area contributed by atoms with Gasteiger partial charge in [0.2, 0.25) is 11.8 Å². The van der Waals surface area contributed by atoms with E-state index in [1.54, 1.807) is 28.1 Å². The summed E-state index contributed by atoms with van der Waals surface area (Å²) in [6.45, 7) is 2.05. The summed E-state index contributed by atoms with van der Waals surface area (Å²) in [4.78, 5) is 32.5. The van der Waals surface area contributed by atoms with Gasteiger partial charge in [-0.15, -0.1) is 0 Å². The first kappa shape index (κ1) is 18.5. The number of hydrogen-bond donors (Lipinski definition) is 0. The minimum absolute atomic E-state index is 0.0136. The highest BCUT2D eigenvalue weighted by Gasteiger charge is 2.24. The van der Waals surface area contributed by atoms with Crippen LogP contribution >= 0.6 is 15.9 Å². The molecule has 1 aromatic heterocycles. The molecule has 5 nitrogen and oxygen atoms in total. The fourth-order valence-corrected chi connectivity index (χ4v) is 3.34. The fourth-order valence-electron chi connectivity index (χ4n) is 2.91. The quantitative estimate of drug-likeness (QED) is 0.764. The summed E-state index contributed by atoms with van der Waals surface area (Å²) in [5, 5.41) is 0. The summed E-state index contributed by atoms with van der Waals surface area (Å²) in [6.07, 6.45) is 2.17. The van der Waals surface area contributed by atoms with Crippen LogP contribution in [0.25, 0.3) is 0 Å². The van der Waals surface area contributed by atoms with Crippen molar-refractivity contribution in [1.29, 1.82) is 0 Å². The fraction of sp³-hybridized carbons (Fsp3) is 0.316. The van der Waals surface area contributed by atoms with Crippen LogP contribution in [0.5, 0.6) is 0 Å². The summed E-state index contributed by atoms with van der Waals surface area (Å²) in [5.74, 6) is -0.333. The van der Waals surface area contributed by atoms with Crippen molar-refractivity contribution in [3.8, 4) is 0 Å². The van der Waals surface area contributed by atoms with Gasteiger partial charge in [0.15, 0.2) is 0 Å². The Labute approximate surface area is 159 Å². The first-order valence-corrected chi connectivity index (χ1v) is 9.21. The van der Waals surface area contributed by atoms with Gasteiger partial charge in [-0.05, 0) is 45.8 Å². The Morgan fingerprint density at radius 1 is 1.00 bits per heavy atom. The molecule has 136 valence electrons. The maximum Gasteiger partial charge on any atom is 0.228 e. The predicted octanol–water partition coefficient (Wildman–Crippen LogP) is 2.44. The number of amides is 2. The van der Waals surface area contributed by atoms with Crippen molar-refractivity contribution in [2.24, 2.45) is 0 Å². The van der Waals surface area contributed by atoms with Crippen LogP contribution in [0.2, 0.25) is 0 Å². The highest BCUT2D eigenvalue weighted by molar-refractivity contribution is 9.10. The van der Waals surface area contributed by atoms with Crippen molar-refractivity contribution in [3.63, 3.8) is 0 Å². The smallest absolute Gasteiger partial charge is 0.228 e. The van der Waals surface area contributed by atoms with Crippen LogP contribution < -0.4 is 0 Å². The molecule has 0 spiro atoms. The molecule has 2 aromatic rings. The van der Waals surface area contributed by atoms with Crippen molar-refractivity contribution < 1.29 is 14.0 Å². The zero-order chi connectivity index (χ0) is 18.5. The molecule has 26 heavy (non-hydrogen) atoms. The van der Waals surface area contributed by atoms with Crippen LogP contribution in [0.15, 0.2) is 47.1 Å². The van der Waals surface area contributed by atoms with Gasteiger partial charge >= 0.3 is 0 Å². The minimum atomic E-state index is -0.346. The monoisotopic (exact) mass is 419 g/mol. The molecule has 0 radical (unpaired) electrons. The number of aromatic nitrogens is 1. The van der Waals surface area contributed by atoms with Gasteiger partial charge in [0.05, 0.1) is 17.3 Å². The number of pyridine rings is 1. The van der Waals surface area contributed by atoms with E-state index in [9.17, 15) is 14.0 Å². The van der Waals surface area contributed by atoms with Crippen molar-refractivity contribution >= 4 is 27.7 Å². The first-order chi connectivity index (χ1) is 12.5. The minimum Gasteiger partial charge on any atom is -0.339 e. The van der Waals surface area contributed by atoms with Crippen LogP contribution in [-0.4, -0.2) is 52.8 Å². The summed E-state index contributed by atoms with van der Waals surface area (Å²) in [5.41, 5.74) is 1.51. The topological polar surface area (TPSA) is 53.5 Å². The number of halogens is 2. The molecule has 0 bridgehead atoms. The number of piperazine rings is 1. The van der Waals surface area contributed by atoms with E-state index in [0.717, 1.165) is 11.3 Å². The molecule has 1 aliphatic rings. The predicted molar refractivity (Wildman–Crippen MR) is 98.9 cm³/mol. The van der Waals surface area contributed by atoms with Crippen molar-refractivity contribution in [1.82, 2.24) is 14.8 Å². The standard InChI is InChI=1S/C19H19BrFN3O2/c20-16-11-14(4-5-17(16)21)12-18(25)23-7-9-24(10-8-23)19(26)13-15-3-1-2-6-22-15/h1-6,11H,7-10,12-13H2. The average Bonchev–Trinajstić information content (AvgIpc) is 2.65. The summed E-state index contributed by atoms with van der Waals surface area (Å²) in [7, 11) is 0. The second-order valence-corrected chi connectivity index (χ2v) is 7.04. The van der Waals surface area contributed by atoms with Gasteiger partial charge < -0.3 is 9.80 Å². The molecule has 0 unspecified atom stereocenters. The van der Waals surface area contributed by atoms with E-state index in [4.69, 9.17) is 0 Å². The van der Waals surface area contributed by atoms with E-state index >= 15 is 0 Å². The number of carbonyl (C=O) groups is 2. The van der Waals surface area contributed by atoms with Gasteiger partial charge in [-0.3, -0.25) is 14.6 Å². The van der Waals surface area contributed by atoms with Crippen molar-refractivity contribution in [2.45, 2.75) is 12.8 Å². The molecule has 0 N–H and O–H groups in total. The van der Waals surface area contributed by atoms with Gasteiger partial charge in [-0.1, -0.05) is 12.1 Å². The van der Waals surface area contributed by atoms with Gasteiger partial charge in [0.1, 0.15) is 5.82 Å². The van der Waals surface area contributed by atoms with E-state index in [0.29, 0.717) is 30.7 Å². The third-order valence-corrected chi connectivity index (χ3v) is 4.99. The van der Waals surface area contributed by atoms with Crippen LogP contribution in [0, 0.1) is 5.82 Å². The van der Waals surface area contributed by atoms with E-state index in [1.165, 1.54) is 6.07 Å². The van der Waals surface area contributed by atoms with Gasteiger partial charge in [0.25, 0.3) is 0 Å². The highest BCUT2D eigenvalue weighted by atomic mass is 79.9. The SMILES string of the molecule is O=C(Cc1ccc(F)c(Br)c1)N1CCN(C(=O)Cc2ccccn2)CC1. The summed E-state index contributed by atoms with van der Waals surface area (Å²) in [6, 6.07) is 10.1. The Hall–Kier alpha value is -2.28. The maximum absolute atomic E-state index is 13.3. The molecule has 7 heteroatoms. The Morgan fingerprint density at radius 2 is 1.65 bits per heavy atom. The van der Waals surface area contributed by atoms with Crippen LogP contribution in [0.1, 0.15) is 11.3 Å². The zero-order valence-electron chi connectivity index (χ0n) is 14.2. The molecule has 0 saturated carbocycles. The molecule has 0 atom stereocenters. The molecule has 1 aliphatic heterocycles. The molecule has 0 aliphatic carbocycles. The molecule has 2 amide bonds. The first-order valence-electron chi connectivity index (χ1n) is 8.42. The van der Waals surface area contributed by atoms with E-state index in [-0.39, 0.29) is 30.5 Å². The molecule has 2 heterocycles. The second kappa shape index (κ2) is 8.40. The van der Waals surface area contributed by atoms with Crippen molar-refractivity contribution in [3.05, 3.63) is 64.1 Å². The number of carbonyl (C=O) groups excluding carboxylic acids is 2.